The number of carbonyl (C=O) groups excluding carboxylic acids is 1. The number of rotatable bonds is 7. The second-order valence-corrected chi connectivity index (χ2v) is 7.68. The molecule has 3 unspecified atom stereocenters. The van der Waals surface area contributed by atoms with Crippen molar-refractivity contribution in [2.75, 3.05) is 13.2 Å². The van der Waals surface area contributed by atoms with Crippen LogP contribution in [-0.2, 0) is 4.74 Å². The predicted molar refractivity (Wildman–Crippen MR) is 91.5 cm³/mol. The Kier molecular flexibility index (Phi) is 5.89. The van der Waals surface area contributed by atoms with E-state index in [-0.39, 0.29) is 12.1 Å². The Bertz CT molecular complexity index is 490. The monoisotopic (exact) mass is 337 g/mol. The van der Waals surface area contributed by atoms with Gasteiger partial charge in [-0.2, -0.15) is 0 Å². The second kappa shape index (κ2) is 8.11. The summed E-state index contributed by atoms with van der Waals surface area (Å²) in [6.07, 6.45) is 9.51. The summed E-state index contributed by atoms with van der Waals surface area (Å²) in [7, 11) is 0. The highest BCUT2D eigenvalue weighted by Crippen LogP contribution is 2.41. The molecule has 0 saturated heterocycles. The molecule has 128 valence electrons. The highest BCUT2D eigenvalue weighted by atomic mass is 32.1. The average Bonchev–Trinajstić information content (AvgIpc) is 3.25. The fourth-order valence-electron chi connectivity index (χ4n) is 3.30. The van der Waals surface area contributed by atoms with Crippen molar-refractivity contribution >= 4 is 17.4 Å². The van der Waals surface area contributed by atoms with Crippen LogP contribution in [0.1, 0.15) is 56.5 Å². The summed E-state index contributed by atoms with van der Waals surface area (Å²) in [5, 5.41) is 8.96. The van der Waals surface area contributed by atoms with Crippen LogP contribution in [0.15, 0.2) is 11.6 Å². The molecule has 2 amide bonds. The van der Waals surface area contributed by atoms with Crippen LogP contribution < -0.4 is 10.6 Å². The maximum absolute atomic E-state index is 12.1. The van der Waals surface area contributed by atoms with Crippen LogP contribution >= 0.6 is 11.3 Å². The number of thiazole rings is 1. The van der Waals surface area contributed by atoms with Gasteiger partial charge in [-0.05, 0) is 37.5 Å². The predicted octanol–water partition coefficient (Wildman–Crippen LogP) is 3.49. The van der Waals surface area contributed by atoms with Gasteiger partial charge in [0.05, 0.1) is 18.8 Å². The summed E-state index contributed by atoms with van der Waals surface area (Å²) < 4.78 is 5.93. The third-order valence-corrected chi connectivity index (χ3v) is 5.71. The van der Waals surface area contributed by atoms with Crippen LogP contribution in [-0.4, -0.2) is 30.3 Å². The molecule has 2 aliphatic carbocycles. The van der Waals surface area contributed by atoms with Gasteiger partial charge in [-0.3, -0.25) is 0 Å². The second-order valence-electron chi connectivity index (χ2n) is 6.76. The van der Waals surface area contributed by atoms with Gasteiger partial charge in [0.1, 0.15) is 5.01 Å². The summed E-state index contributed by atoms with van der Waals surface area (Å²) in [6, 6.07) is -0.0494. The van der Waals surface area contributed by atoms with Gasteiger partial charge in [-0.1, -0.05) is 19.8 Å². The maximum atomic E-state index is 12.1. The molecule has 0 aromatic carbocycles. The van der Waals surface area contributed by atoms with Gasteiger partial charge in [0.2, 0.25) is 0 Å². The first-order valence-electron chi connectivity index (χ1n) is 8.79. The molecule has 5 nitrogen and oxygen atoms in total. The normalized spacial score (nSPS) is 25.8. The fourth-order valence-corrected chi connectivity index (χ4v) is 4.08. The summed E-state index contributed by atoms with van der Waals surface area (Å²) in [4.78, 5) is 16.4. The van der Waals surface area contributed by atoms with Gasteiger partial charge in [0, 0.05) is 18.1 Å². The van der Waals surface area contributed by atoms with Crippen LogP contribution in [0.3, 0.4) is 0 Å². The van der Waals surface area contributed by atoms with Crippen molar-refractivity contribution < 1.29 is 9.53 Å². The lowest BCUT2D eigenvalue weighted by Crippen LogP contribution is -2.40. The first-order valence-corrected chi connectivity index (χ1v) is 9.67. The van der Waals surface area contributed by atoms with Crippen molar-refractivity contribution in [2.45, 2.75) is 57.6 Å². The third-order valence-electron chi connectivity index (χ3n) is 4.85. The minimum absolute atomic E-state index is 0.0642. The van der Waals surface area contributed by atoms with E-state index < -0.39 is 0 Å². The van der Waals surface area contributed by atoms with E-state index >= 15 is 0 Å². The first kappa shape index (κ1) is 16.7. The van der Waals surface area contributed by atoms with Crippen molar-refractivity contribution in [3.05, 3.63) is 16.6 Å². The van der Waals surface area contributed by atoms with Crippen molar-refractivity contribution in [1.82, 2.24) is 15.6 Å². The van der Waals surface area contributed by atoms with Crippen molar-refractivity contribution in [3.63, 3.8) is 0 Å². The van der Waals surface area contributed by atoms with Crippen LogP contribution in [0.5, 0.6) is 0 Å². The number of carbonyl (C=O) groups is 1. The zero-order valence-corrected chi connectivity index (χ0v) is 14.6. The molecular weight excluding hydrogens is 310 g/mol. The number of nitrogens with zero attached hydrogens (tertiary/aromatic N) is 1. The van der Waals surface area contributed by atoms with E-state index in [1.807, 2.05) is 5.38 Å². The van der Waals surface area contributed by atoms with E-state index in [9.17, 15) is 4.79 Å². The number of ether oxygens (including phenoxy) is 1. The molecule has 0 bridgehead atoms. The number of aromatic nitrogens is 1. The van der Waals surface area contributed by atoms with E-state index in [2.05, 4.69) is 22.5 Å². The number of amides is 2. The zero-order chi connectivity index (χ0) is 16.1. The molecule has 2 N–H and O–H groups in total. The lowest BCUT2D eigenvalue weighted by Gasteiger charge is -2.28. The van der Waals surface area contributed by atoms with Crippen LogP contribution in [0.2, 0.25) is 0 Å². The van der Waals surface area contributed by atoms with E-state index in [0.29, 0.717) is 31.1 Å². The summed E-state index contributed by atoms with van der Waals surface area (Å²) in [5.41, 5.74) is 0. The molecule has 1 aromatic heterocycles. The Balaban J connectivity index is 1.36. The lowest BCUT2D eigenvalue weighted by molar-refractivity contribution is -0.00245. The molecule has 23 heavy (non-hydrogen) atoms. The van der Waals surface area contributed by atoms with Crippen LogP contribution in [0.4, 0.5) is 4.79 Å². The van der Waals surface area contributed by atoms with E-state index in [1.54, 1.807) is 17.5 Å². The van der Waals surface area contributed by atoms with Crippen LogP contribution in [0.25, 0.3) is 0 Å². The molecule has 6 heteroatoms. The van der Waals surface area contributed by atoms with Gasteiger partial charge >= 0.3 is 6.03 Å². The Morgan fingerprint density at radius 3 is 2.91 bits per heavy atom. The Hall–Kier alpha value is -1.14. The largest absolute Gasteiger partial charge is 0.376 e. The Morgan fingerprint density at radius 1 is 1.39 bits per heavy atom. The van der Waals surface area contributed by atoms with Gasteiger partial charge in [-0.25, -0.2) is 9.78 Å². The van der Waals surface area contributed by atoms with Crippen molar-refractivity contribution in [3.8, 4) is 0 Å². The molecule has 2 aliphatic rings. The summed E-state index contributed by atoms with van der Waals surface area (Å²) in [6.45, 7) is 3.41. The minimum Gasteiger partial charge on any atom is -0.376 e. The molecule has 0 aliphatic heterocycles. The van der Waals surface area contributed by atoms with Gasteiger partial charge in [0.15, 0.2) is 0 Å². The average molecular weight is 337 g/mol. The summed E-state index contributed by atoms with van der Waals surface area (Å²) in [5.74, 6) is 1.19. The fraction of sp³-hybridized carbons (Fsp3) is 0.765. The molecule has 3 rings (SSSR count). The first-order chi connectivity index (χ1) is 11.2. The molecule has 1 aromatic rings. The van der Waals surface area contributed by atoms with Crippen LogP contribution in [0, 0.1) is 11.8 Å². The van der Waals surface area contributed by atoms with Gasteiger partial charge < -0.3 is 15.4 Å². The van der Waals surface area contributed by atoms with E-state index in [0.717, 1.165) is 11.4 Å². The van der Waals surface area contributed by atoms with Gasteiger partial charge in [-0.15, -0.1) is 11.3 Å². The summed E-state index contributed by atoms with van der Waals surface area (Å²) >= 11 is 1.61. The quantitative estimate of drug-likeness (QED) is 0.749. The van der Waals surface area contributed by atoms with E-state index in [4.69, 9.17) is 4.74 Å². The molecule has 3 atom stereocenters. The maximum Gasteiger partial charge on any atom is 0.315 e. The molecule has 2 fully saturated rings. The van der Waals surface area contributed by atoms with Crippen molar-refractivity contribution in [2.24, 2.45) is 11.8 Å². The number of hydrogen-bond donors (Lipinski definition) is 2. The Morgan fingerprint density at radius 2 is 2.22 bits per heavy atom. The smallest absolute Gasteiger partial charge is 0.315 e. The molecule has 2 saturated carbocycles. The molecular formula is C17H27N3O2S. The molecule has 0 spiro atoms. The van der Waals surface area contributed by atoms with Crippen molar-refractivity contribution in [1.29, 1.82) is 0 Å². The number of hydrogen-bond acceptors (Lipinski definition) is 4. The SMILES string of the molecule is CC1CCCCC1OCCNC(=O)NC(c1nccs1)C1CC1. The number of urea groups is 1. The minimum atomic E-state index is -0.114. The van der Waals surface area contributed by atoms with E-state index in [1.165, 1.54) is 32.1 Å². The molecule has 0 radical (unpaired) electrons. The Labute approximate surface area is 142 Å². The molecule has 1 heterocycles. The topological polar surface area (TPSA) is 63.2 Å². The lowest BCUT2D eigenvalue weighted by atomic mass is 9.88. The zero-order valence-electron chi connectivity index (χ0n) is 13.8. The van der Waals surface area contributed by atoms with Gasteiger partial charge in [0.25, 0.3) is 0 Å². The highest BCUT2D eigenvalue weighted by molar-refractivity contribution is 7.09. The third kappa shape index (κ3) is 4.91. The standard InChI is InChI=1S/C17H27N3O2S/c1-12-4-2-3-5-14(12)22-10-8-19-17(21)20-15(13-6-7-13)16-18-9-11-23-16/h9,11-15H,2-8,10H2,1H3,(H2,19,20,21). The highest BCUT2D eigenvalue weighted by Gasteiger charge is 2.34. The number of nitrogens with one attached hydrogen (secondary N) is 2.